The Morgan fingerprint density at radius 1 is 0.912 bits per heavy atom. The number of esters is 1. The van der Waals surface area contributed by atoms with Gasteiger partial charge >= 0.3 is 18.2 Å². The molecule has 18 atom stereocenters. The van der Waals surface area contributed by atoms with Gasteiger partial charge in [-0.15, -0.1) is 0 Å². The number of aliphatic hydroxyl groups excluding tert-OH is 2. The normalized spacial score (nSPS) is 37.6. The van der Waals surface area contributed by atoms with Crippen molar-refractivity contribution in [3.05, 3.63) is 84.1 Å². The molecule has 17 heteroatoms. The van der Waals surface area contributed by atoms with Gasteiger partial charge in [0.15, 0.2) is 12.4 Å². The van der Waals surface area contributed by atoms with Gasteiger partial charge in [0.2, 0.25) is 6.29 Å². The van der Waals surface area contributed by atoms with Crippen LogP contribution in [0.2, 0.25) is 0 Å². The number of hydrogen-bond acceptors (Lipinski definition) is 16. The number of fused-ring (bicyclic) bond motifs is 2. The fourth-order valence-corrected chi connectivity index (χ4v) is 10.5. The molecule has 0 saturated carbocycles. The Morgan fingerprint density at radius 3 is 2.13 bits per heavy atom. The summed E-state index contributed by atoms with van der Waals surface area (Å²) in [5.74, 6) is -3.43. The van der Waals surface area contributed by atoms with Crippen molar-refractivity contribution in [2.75, 3.05) is 14.2 Å². The van der Waals surface area contributed by atoms with Gasteiger partial charge in [-0.05, 0) is 70.6 Å². The molecule has 6 rings (SSSR count). The van der Waals surface area contributed by atoms with Crippen LogP contribution in [-0.4, -0.2) is 137 Å². The molecule has 2 aromatic rings. The van der Waals surface area contributed by atoms with Crippen LogP contribution >= 0.6 is 0 Å². The molecule has 378 valence electrons. The maximum atomic E-state index is 14.6. The van der Waals surface area contributed by atoms with Crippen LogP contribution in [0.25, 0.3) is 0 Å². The molecule has 2 aromatic carbocycles. The lowest BCUT2D eigenvalue weighted by molar-refractivity contribution is -0.307. The number of likely N-dealkylation sites (N-methyl/N-ethyl adjacent to an activating group) is 1. The first kappa shape index (κ1) is 53.0. The smallest absolute Gasteiger partial charge is 0.469 e. The zero-order valence-electron chi connectivity index (χ0n) is 41.2. The van der Waals surface area contributed by atoms with Crippen molar-refractivity contribution in [3.8, 4) is 0 Å². The number of rotatable bonds is 14. The number of ether oxygens (including phenoxy) is 10. The van der Waals surface area contributed by atoms with E-state index in [0.29, 0.717) is 12.0 Å². The molecule has 0 aromatic heterocycles. The van der Waals surface area contributed by atoms with Crippen LogP contribution in [0.5, 0.6) is 0 Å². The number of amides is 1. The summed E-state index contributed by atoms with van der Waals surface area (Å²) in [6, 6.07) is 17.2. The molecule has 6 unspecified atom stereocenters. The van der Waals surface area contributed by atoms with Crippen LogP contribution in [0.1, 0.15) is 92.7 Å². The zero-order chi connectivity index (χ0) is 49.7. The van der Waals surface area contributed by atoms with E-state index in [-0.39, 0.29) is 32.0 Å². The fraction of sp³-hybridized carbons (Fsp3) is 0.667. The number of benzene rings is 2. The van der Waals surface area contributed by atoms with E-state index in [1.807, 2.05) is 76.2 Å². The van der Waals surface area contributed by atoms with E-state index in [4.69, 9.17) is 47.4 Å². The number of nitrogens with zero attached hydrogens (tertiary/aromatic N) is 1. The van der Waals surface area contributed by atoms with Crippen molar-refractivity contribution in [2.45, 2.75) is 179 Å². The summed E-state index contributed by atoms with van der Waals surface area (Å²) in [4.78, 5) is 43.4. The Kier molecular flexibility index (Phi) is 17.3. The van der Waals surface area contributed by atoms with Gasteiger partial charge in [-0.2, -0.15) is 0 Å². The second kappa shape index (κ2) is 22.2. The summed E-state index contributed by atoms with van der Waals surface area (Å²) in [7, 11) is 3.00. The molecule has 3 saturated heterocycles. The van der Waals surface area contributed by atoms with Gasteiger partial charge in [-0.1, -0.05) is 88.4 Å². The number of aliphatic hydroxyl groups is 3. The Labute approximate surface area is 400 Å². The first-order chi connectivity index (χ1) is 32.1. The first-order valence-corrected chi connectivity index (χ1v) is 23.7. The van der Waals surface area contributed by atoms with Crippen LogP contribution in [0.4, 0.5) is 9.59 Å². The maximum absolute atomic E-state index is 14.6. The average molecular weight is 956 g/mol. The van der Waals surface area contributed by atoms with Gasteiger partial charge in [-0.3, -0.25) is 4.79 Å². The lowest BCUT2D eigenvalue weighted by atomic mass is 9.76. The first-order valence-electron chi connectivity index (χ1n) is 23.7. The van der Waals surface area contributed by atoms with Crippen molar-refractivity contribution < 1.29 is 77.1 Å². The highest BCUT2D eigenvalue weighted by atomic mass is 16.8. The molecule has 2 bridgehead atoms. The summed E-state index contributed by atoms with van der Waals surface area (Å²) in [5.41, 5.74) is -2.67. The molecule has 1 amide bonds. The number of methoxy groups -OCH3 is 1. The Bertz CT molecular complexity index is 2010. The minimum atomic E-state index is -1.89. The minimum absolute atomic E-state index is 0.0176. The average Bonchev–Trinajstić information content (AvgIpc) is 3.64. The third kappa shape index (κ3) is 11.6. The number of carbonyl (C=O) groups excluding carboxylic acids is 3. The van der Waals surface area contributed by atoms with Gasteiger partial charge in [0.05, 0.1) is 59.9 Å². The largest absolute Gasteiger partial charge is 0.509 e. The van der Waals surface area contributed by atoms with E-state index in [9.17, 15) is 29.7 Å². The lowest BCUT2D eigenvalue weighted by Crippen LogP contribution is -2.59. The Hall–Kier alpha value is -4.33. The van der Waals surface area contributed by atoms with Crippen LogP contribution in [-0.2, 0) is 65.4 Å². The van der Waals surface area contributed by atoms with E-state index in [2.05, 4.69) is 0 Å². The standard InChI is InChI=1S/C51H73NO16/c1-12-37(53)51(9,58)44-30(3)39-29(2)25-50(8,68-39)43(31(4)40(32(5)45(55)66-44)64-38-26-49(7,59-11)42(54)33(6)63-38)67-46-41(65-48(57)62-28-35-21-17-14-18-22-35)36(23-24-60-46)52(10)47(56)61-27-34-19-15-13-16-20-34/h13-24,29-33,36-44,46,53-54,58H,12,25-28H2,1-11H3/t29?,30-,31-,32+,33?,36?,37+,38-,39?,40-,41?,42-,43+,44+,46-,49?,50+,51+/m0/s1. The van der Waals surface area contributed by atoms with E-state index < -0.39 is 120 Å². The van der Waals surface area contributed by atoms with E-state index in [0.717, 1.165) is 5.56 Å². The van der Waals surface area contributed by atoms with Crippen molar-refractivity contribution in [1.29, 1.82) is 0 Å². The monoisotopic (exact) mass is 955 g/mol. The predicted octanol–water partition coefficient (Wildman–Crippen LogP) is 6.43. The minimum Gasteiger partial charge on any atom is -0.469 e. The third-order valence-electron chi connectivity index (χ3n) is 14.6. The summed E-state index contributed by atoms with van der Waals surface area (Å²) in [6.07, 6.45) is -8.91. The molecule has 3 fully saturated rings. The van der Waals surface area contributed by atoms with E-state index in [1.54, 1.807) is 45.9 Å². The van der Waals surface area contributed by atoms with Crippen LogP contribution in [0, 0.1) is 23.7 Å². The SMILES string of the molecule is CC[C@@H](O)[C@@](C)(O)[C@@H]1OC(=O)[C@H](C)[C@@H](O[C@H]2CC(C)(OC)[C@@H](O)C(C)O2)[C@H](C)[C@@H](O[C@@H]2OC=CC(N(C)C(=O)OCc3ccccc3)C2OC(=O)OCc2ccccc2)[C@@]2(C)CC(C)C(O2)[C@@H]1C. The molecule has 4 aliphatic rings. The molecular formula is C51H73NO16. The van der Waals surface area contributed by atoms with Crippen LogP contribution in [0.15, 0.2) is 73.0 Å². The topological polar surface area (TPSA) is 207 Å². The number of cyclic esters (lactones) is 1. The van der Waals surface area contributed by atoms with Crippen molar-refractivity contribution in [3.63, 3.8) is 0 Å². The molecule has 68 heavy (non-hydrogen) atoms. The Morgan fingerprint density at radius 2 is 1.53 bits per heavy atom. The van der Waals surface area contributed by atoms with E-state index in [1.165, 1.54) is 32.2 Å². The molecule has 3 N–H and O–H groups in total. The molecule has 4 aliphatic heterocycles. The fourth-order valence-electron chi connectivity index (χ4n) is 10.5. The Balaban J connectivity index is 1.40. The lowest BCUT2D eigenvalue weighted by Gasteiger charge is -2.48. The van der Waals surface area contributed by atoms with Gasteiger partial charge in [0.1, 0.15) is 31.0 Å². The molecule has 0 spiro atoms. The summed E-state index contributed by atoms with van der Waals surface area (Å²) in [5, 5.41) is 34.3. The maximum Gasteiger partial charge on any atom is 0.509 e. The molecule has 4 heterocycles. The second-order valence-electron chi connectivity index (χ2n) is 19.8. The highest BCUT2D eigenvalue weighted by molar-refractivity contribution is 5.73. The van der Waals surface area contributed by atoms with Gasteiger partial charge in [-0.25, -0.2) is 9.59 Å². The third-order valence-corrected chi connectivity index (χ3v) is 14.6. The van der Waals surface area contributed by atoms with Crippen LogP contribution < -0.4 is 0 Å². The highest BCUT2D eigenvalue weighted by Crippen LogP contribution is 2.48. The molecule has 0 radical (unpaired) electrons. The van der Waals surface area contributed by atoms with Gasteiger partial charge in [0.25, 0.3) is 0 Å². The summed E-state index contributed by atoms with van der Waals surface area (Å²) < 4.78 is 63.0. The van der Waals surface area contributed by atoms with Crippen molar-refractivity contribution >= 4 is 18.2 Å². The molecule has 0 aliphatic carbocycles. The van der Waals surface area contributed by atoms with E-state index >= 15 is 0 Å². The van der Waals surface area contributed by atoms with Crippen LogP contribution in [0.3, 0.4) is 0 Å². The second-order valence-corrected chi connectivity index (χ2v) is 19.8. The zero-order valence-corrected chi connectivity index (χ0v) is 41.2. The predicted molar refractivity (Wildman–Crippen MR) is 245 cm³/mol. The number of hydrogen-bond donors (Lipinski definition) is 3. The number of carbonyl (C=O) groups is 3. The molecular weight excluding hydrogens is 883 g/mol. The van der Waals surface area contributed by atoms with Crippen molar-refractivity contribution in [1.82, 2.24) is 4.90 Å². The summed E-state index contributed by atoms with van der Waals surface area (Å²) >= 11 is 0. The van der Waals surface area contributed by atoms with Gasteiger partial charge in [0, 0.05) is 32.4 Å². The molecule has 17 nitrogen and oxygen atoms in total. The quantitative estimate of drug-likeness (QED) is 0.138. The highest BCUT2D eigenvalue weighted by Gasteiger charge is 2.59. The van der Waals surface area contributed by atoms with Gasteiger partial charge < -0.3 is 67.6 Å². The summed E-state index contributed by atoms with van der Waals surface area (Å²) in [6.45, 7) is 15.7. The van der Waals surface area contributed by atoms with Crippen molar-refractivity contribution in [2.24, 2.45) is 23.7 Å².